The fourth-order valence-electron chi connectivity index (χ4n) is 3.55. The van der Waals surface area contributed by atoms with Crippen LogP contribution in [0.3, 0.4) is 0 Å². The molecule has 8 nitrogen and oxygen atoms in total. The summed E-state index contributed by atoms with van der Waals surface area (Å²) < 4.78 is 1.39. The number of nitrogens with one attached hydrogen (secondary N) is 2. The molecule has 8 N–H and O–H groups in total. The van der Waals surface area contributed by atoms with Crippen LogP contribution < -0.4 is 22.5 Å². The number of unbranched alkanes of at least 4 members (excludes halogenated alkanes) is 1. The van der Waals surface area contributed by atoms with Gasteiger partial charge in [-0.05, 0) is 106 Å². The summed E-state index contributed by atoms with van der Waals surface area (Å²) in [7, 11) is 0. The Morgan fingerprint density at radius 2 is 1.62 bits per heavy atom. The summed E-state index contributed by atoms with van der Waals surface area (Å²) in [5, 5.41) is 22.8. The Hall–Kier alpha value is -2.40. The Balaban J connectivity index is 1.32. The van der Waals surface area contributed by atoms with E-state index in [9.17, 15) is 10.2 Å². The van der Waals surface area contributed by atoms with E-state index in [0.717, 1.165) is 67.6 Å². The average molecular weight is 596 g/mol. The van der Waals surface area contributed by atoms with Crippen molar-refractivity contribution in [2.24, 2.45) is 11.6 Å². The SMILES string of the molecule is N/C(=C\N(N)CCc1ccc(O)c(Br)c1)CCCCC1=CN(CCc2ccc(O)c(Br)c2)NN1. The predicted molar refractivity (Wildman–Crippen MR) is 142 cm³/mol. The Kier molecular flexibility index (Phi) is 9.94. The molecule has 0 saturated carbocycles. The highest BCUT2D eigenvalue weighted by Gasteiger charge is 2.11. The number of aromatic hydroxyl groups is 2. The second-order valence-corrected chi connectivity index (χ2v) is 10.0. The number of rotatable bonds is 12. The van der Waals surface area contributed by atoms with Crippen molar-refractivity contribution < 1.29 is 10.2 Å². The Morgan fingerprint density at radius 1 is 0.971 bits per heavy atom. The highest BCUT2D eigenvalue weighted by atomic mass is 79.9. The van der Waals surface area contributed by atoms with Crippen LogP contribution in [0.25, 0.3) is 0 Å². The molecule has 0 amide bonds. The first kappa shape index (κ1) is 26.2. The van der Waals surface area contributed by atoms with Crippen molar-refractivity contribution in [1.29, 1.82) is 0 Å². The van der Waals surface area contributed by atoms with Gasteiger partial charge in [0.05, 0.1) is 8.95 Å². The quantitative estimate of drug-likeness (QED) is 0.123. The van der Waals surface area contributed by atoms with Crippen LogP contribution in [0.2, 0.25) is 0 Å². The zero-order valence-corrected chi connectivity index (χ0v) is 22.1. The standard InChI is InChI=1S/C24H32Br2N6O2/c25-21-13-17(5-7-23(21)33)9-11-31(28)15-19(27)3-1-2-4-20-16-32(30-29-20)12-10-18-6-8-24(34)22(26)14-18/h5-8,13-16,29-30,33-34H,1-4,9-12,27-28H2/b19-15-. The minimum absolute atomic E-state index is 0.229. The molecule has 10 heteroatoms. The van der Waals surface area contributed by atoms with E-state index >= 15 is 0 Å². The summed E-state index contributed by atoms with van der Waals surface area (Å²) in [6.45, 7) is 1.45. The van der Waals surface area contributed by atoms with Crippen molar-refractivity contribution in [3.8, 4) is 11.5 Å². The van der Waals surface area contributed by atoms with Gasteiger partial charge in [0.2, 0.25) is 0 Å². The highest BCUT2D eigenvalue weighted by molar-refractivity contribution is 9.10. The minimum atomic E-state index is 0.229. The highest BCUT2D eigenvalue weighted by Crippen LogP contribution is 2.25. The maximum Gasteiger partial charge on any atom is 0.129 e. The molecule has 1 heterocycles. The minimum Gasteiger partial charge on any atom is -0.507 e. The number of hydrazine groups is 3. The molecule has 34 heavy (non-hydrogen) atoms. The van der Waals surface area contributed by atoms with Gasteiger partial charge in [0.25, 0.3) is 0 Å². The first-order valence-corrected chi connectivity index (χ1v) is 12.8. The van der Waals surface area contributed by atoms with E-state index in [1.165, 1.54) is 0 Å². The molecule has 0 unspecified atom stereocenters. The van der Waals surface area contributed by atoms with Crippen LogP contribution in [0.15, 0.2) is 69.1 Å². The van der Waals surface area contributed by atoms with E-state index in [-0.39, 0.29) is 11.5 Å². The van der Waals surface area contributed by atoms with Crippen LogP contribution in [0.4, 0.5) is 0 Å². The maximum atomic E-state index is 9.60. The first-order chi connectivity index (χ1) is 16.3. The average Bonchev–Trinajstić information content (AvgIpc) is 3.26. The van der Waals surface area contributed by atoms with Gasteiger partial charge >= 0.3 is 0 Å². The normalized spacial score (nSPS) is 13.7. The van der Waals surface area contributed by atoms with E-state index in [1.54, 1.807) is 23.3 Å². The van der Waals surface area contributed by atoms with Crippen molar-refractivity contribution in [2.75, 3.05) is 13.1 Å². The van der Waals surface area contributed by atoms with E-state index in [2.05, 4.69) is 49.0 Å². The molecule has 3 rings (SSSR count). The van der Waals surface area contributed by atoms with Crippen LogP contribution >= 0.6 is 31.9 Å². The first-order valence-electron chi connectivity index (χ1n) is 11.2. The maximum absolute atomic E-state index is 9.60. The fraction of sp³-hybridized carbons (Fsp3) is 0.333. The lowest BCUT2D eigenvalue weighted by Gasteiger charge is -2.15. The molecule has 0 saturated heterocycles. The van der Waals surface area contributed by atoms with Gasteiger partial charge in [0.1, 0.15) is 11.5 Å². The van der Waals surface area contributed by atoms with E-state index in [4.69, 9.17) is 11.6 Å². The fourth-order valence-corrected chi connectivity index (χ4v) is 4.40. The lowest BCUT2D eigenvalue weighted by Crippen LogP contribution is -2.37. The summed E-state index contributed by atoms with van der Waals surface area (Å²) in [6, 6.07) is 11.0. The summed E-state index contributed by atoms with van der Waals surface area (Å²) in [5.74, 6) is 6.55. The smallest absolute Gasteiger partial charge is 0.129 e. The van der Waals surface area contributed by atoms with Gasteiger partial charge in [0.15, 0.2) is 0 Å². The molecular formula is C24H32Br2N6O2. The summed E-state index contributed by atoms with van der Waals surface area (Å²) in [6.07, 6.45) is 9.22. The molecule has 0 atom stereocenters. The summed E-state index contributed by atoms with van der Waals surface area (Å²) >= 11 is 6.68. The number of hydrogen-bond acceptors (Lipinski definition) is 8. The molecule has 0 spiro atoms. The molecule has 184 valence electrons. The second kappa shape index (κ2) is 12.9. The van der Waals surface area contributed by atoms with Gasteiger partial charge in [0, 0.05) is 36.9 Å². The number of nitrogens with zero attached hydrogens (tertiary/aromatic N) is 2. The molecule has 0 radical (unpaired) electrons. The third-order valence-electron chi connectivity index (χ3n) is 5.49. The molecule has 1 aliphatic rings. The van der Waals surface area contributed by atoms with Crippen molar-refractivity contribution in [3.05, 3.63) is 80.3 Å². The largest absolute Gasteiger partial charge is 0.507 e. The number of halogens is 2. The predicted octanol–water partition coefficient (Wildman–Crippen LogP) is 4.11. The van der Waals surface area contributed by atoms with Crippen LogP contribution in [0.5, 0.6) is 11.5 Å². The zero-order valence-electron chi connectivity index (χ0n) is 19.0. The van der Waals surface area contributed by atoms with E-state index in [1.807, 2.05) is 29.3 Å². The number of hydrogen-bond donors (Lipinski definition) is 6. The van der Waals surface area contributed by atoms with Crippen molar-refractivity contribution in [1.82, 2.24) is 21.0 Å². The number of allylic oxidation sites excluding steroid dienone is 2. The number of benzene rings is 2. The van der Waals surface area contributed by atoms with Gasteiger partial charge in [-0.25, -0.2) is 5.84 Å². The zero-order chi connectivity index (χ0) is 24.5. The van der Waals surface area contributed by atoms with Crippen molar-refractivity contribution in [3.63, 3.8) is 0 Å². The molecule has 0 aliphatic carbocycles. The molecule has 0 fully saturated rings. The Morgan fingerprint density at radius 3 is 2.26 bits per heavy atom. The lowest BCUT2D eigenvalue weighted by molar-refractivity contribution is 0.273. The third kappa shape index (κ3) is 8.43. The van der Waals surface area contributed by atoms with Gasteiger partial charge in [-0.15, -0.1) is 5.53 Å². The van der Waals surface area contributed by atoms with Crippen LogP contribution in [-0.4, -0.2) is 33.3 Å². The van der Waals surface area contributed by atoms with E-state index < -0.39 is 0 Å². The van der Waals surface area contributed by atoms with Gasteiger partial charge in [-0.1, -0.05) is 12.1 Å². The van der Waals surface area contributed by atoms with Gasteiger partial charge < -0.3 is 26.4 Å². The van der Waals surface area contributed by atoms with Crippen molar-refractivity contribution >= 4 is 31.9 Å². The molecular weight excluding hydrogens is 564 g/mol. The Labute approximate surface area is 217 Å². The van der Waals surface area contributed by atoms with Crippen molar-refractivity contribution in [2.45, 2.75) is 38.5 Å². The third-order valence-corrected chi connectivity index (χ3v) is 6.76. The monoisotopic (exact) mass is 594 g/mol. The van der Waals surface area contributed by atoms with Gasteiger partial charge in [-0.2, -0.15) is 0 Å². The molecule has 0 aromatic heterocycles. The lowest BCUT2D eigenvalue weighted by atomic mass is 10.1. The van der Waals surface area contributed by atoms with Crippen LogP contribution in [0, 0.1) is 0 Å². The van der Waals surface area contributed by atoms with Crippen LogP contribution in [-0.2, 0) is 12.8 Å². The molecule has 1 aliphatic heterocycles. The molecule has 0 bridgehead atoms. The number of nitrogens with two attached hydrogens (primary N) is 2. The molecule has 2 aromatic carbocycles. The second-order valence-electron chi connectivity index (χ2n) is 8.31. The summed E-state index contributed by atoms with van der Waals surface area (Å²) in [5.41, 5.74) is 16.7. The molecule has 2 aromatic rings. The van der Waals surface area contributed by atoms with E-state index in [0.29, 0.717) is 15.5 Å². The van der Waals surface area contributed by atoms with Gasteiger partial charge in [-0.3, -0.25) is 5.01 Å². The number of phenolic OH excluding ortho intramolecular Hbond substituents is 2. The Bertz CT molecular complexity index is 1030. The summed E-state index contributed by atoms with van der Waals surface area (Å²) in [4.78, 5) is 0. The topological polar surface area (TPSA) is 123 Å². The number of phenols is 2. The van der Waals surface area contributed by atoms with Crippen LogP contribution in [0.1, 0.15) is 36.8 Å².